The molecule has 0 fully saturated rings. The minimum absolute atomic E-state index is 0.0523. The van der Waals surface area contributed by atoms with E-state index in [1.165, 1.54) is 0 Å². The van der Waals surface area contributed by atoms with Crippen LogP contribution in [-0.2, 0) is 4.79 Å². The normalized spacial score (nSPS) is 14.2. The summed E-state index contributed by atoms with van der Waals surface area (Å²) in [4.78, 5) is 10.1. The molecule has 0 aliphatic carbocycles. The van der Waals surface area contributed by atoms with Gasteiger partial charge in [0.05, 0.1) is 6.17 Å². The molecule has 0 aromatic rings. The molecule has 0 saturated heterocycles. The van der Waals surface area contributed by atoms with E-state index in [0.717, 1.165) is 12.8 Å². The van der Waals surface area contributed by atoms with Crippen LogP contribution in [0.1, 0.15) is 34.1 Å². The fourth-order valence-corrected chi connectivity index (χ4v) is 0.866. The van der Waals surface area contributed by atoms with Crippen molar-refractivity contribution in [2.75, 3.05) is 0 Å². The topological polar surface area (TPSA) is 41.1 Å². The number of nitrogens with one attached hydrogen (secondary N) is 2. The van der Waals surface area contributed by atoms with Crippen LogP contribution in [0, 0.1) is 0 Å². The first-order valence-corrected chi connectivity index (χ1v) is 3.97. The van der Waals surface area contributed by atoms with Gasteiger partial charge >= 0.3 is 0 Å². The Morgan fingerprint density at radius 1 is 1.45 bits per heavy atom. The van der Waals surface area contributed by atoms with E-state index >= 15 is 0 Å². The van der Waals surface area contributed by atoms with Gasteiger partial charge in [-0.2, -0.15) is 0 Å². The average Bonchev–Trinajstić information content (AvgIpc) is 1.84. The molecule has 0 radical (unpaired) electrons. The Morgan fingerprint density at radius 2 is 2.00 bits per heavy atom. The quantitative estimate of drug-likeness (QED) is 0.470. The largest absolute Gasteiger partial charge is 0.343 e. The molecule has 0 bridgehead atoms. The van der Waals surface area contributed by atoms with E-state index in [2.05, 4.69) is 31.4 Å². The SMILES string of the molecule is CCC(NC=O)NC(C)(C)C. The highest BCUT2D eigenvalue weighted by molar-refractivity contribution is 5.46. The predicted octanol–water partition coefficient (Wildman–Crippen LogP) is 0.857. The Balaban J connectivity index is 3.77. The highest BCUT2D eigenvalue weighted by atomic mass is 16.1. The van der Waals surface area contributed by atoms with E-state index in [-0.39, 0.29) is 11.7 Å². The molecule has 11 heavy (non-hydrogen) atoms. The van der Waals surface area contributed by atoms with Crippen molar-refractivity contribution in [3.8, 4) is 0 Å². The Kier molecular flexibility index (Phi) is 4.11. The minimum Gasteiger partial charge on any atom is -0.343 e. The second-order valence-corrected chi connectivity index (χ2v) is 3.64. The zero-order valence-corrected chi connectivity index (χ0v) is 7.77. The third kappa shape index (κ3) is 5.85. The van der Waals surface area contributed by atoms with Crippen LogP contribution in [0.5, 0.6) is 0 Å². The Morgan fingerprint density at radius 3 is 2.27 bits per heavy atom. The summed E-state index contributed by atoms with van der Waals surface area (Å²) in [6, 6.07) is 0. The maximum absolute atomic E-state index is 10.1. The van der Waals surface area contributed by atoms with E-state index in [1.54, 1.807) is 0 Å². The first kappa shape index (κ1) is 10.4. The van der Waals surface area contributed by atoms with Crippen LogP contribution in [0.2, 0.25) is 0 Å². The predicted molar refractivity (Wildman–Crippen MR) is 46.2 cm³/mol. The van der Waals surface area contributed by atoms with E-state index < -0.39 is 0 Å². The number of rotatable bonds is 4. The van der Waals surface area contributed by atoms with Gasteiger partial charge in [0.15, 0.2) is 0 Å². The summed E-state index contributed by atoms with van der Waals surface area (Å²) in [6.45, 7) is 8.24. The molecule has 0 aliphatic rings. The van der Waals surface area contributed by atoms with Crippen LogP contribution in [-0.4, -0.2) is 18.1 Å². The van der Waals surface area contributed by atoms with Crippen molar-refractivity contribution in [3.05, 3.63) is 0 Å². The second kappa shape index (κ2) is 4.34. The van der Waals surface area contributed by atoms with Gasteiger partial charge in [-0.15, -0.1) is 0 Å². The number of hydrogen-bond donors (Lipinski definition) is 2. The molecule has 0 aliphatic heterocycles. The van der Waals surface area contributed by atoms with Crippen LogP contribution < -0.4 is 10.6 Å². The molecule has 0 heterocycles. The van der Waals surface area contributed by atoms with Crippen molar-refractivity contribution in [2.45, 2.75) is 45.8 Å². The fourth-order valence-electron chi connectivity index (χ4n) is 0.866. The third-order valence-electron chi connectivity index (χ3n) is 1.28. The molecule has 1 amide bonds. The van der Waals surface area contributed by atoms with E-state index in [1.807, 2.05) is 6.92 Å². The fraction of sp³-hybridized carbons (Fsp3) is 0.875. The summed E-state index contributed by atoms with van der Waals surface area (Å²) >= 11 is 0. The van der Waals surface area contributed by atoms with Crippen LogP contribution in [0.3, 0.4) is 0 Å². The van der Waals surface area contributed by atoms with Crippen LogP contribution in [0.25, 0.3) is 0 Å². The maximum atomic E-state index is 10.1. The van der Waals surface area contributed by atoms with Crippen molar-refractivity contribution in [1.29, 1.82) is 0 Å². The van der Waals surface area contributed by atoms with Gasteiger partial charge in [-0.05, 0) is 27.2 Å². The lowest BCUT2D eigenvalue weighted by Gasteiger charge is -2.27. The molecule has 0 aromatic heterocycles. The van der Waals surface area contributed by atoms with Gasteiger partial charge in [0.2, 0.25) is 6.41 Å². The molecule has 0 saturated carbocycles. The summed E-state index contributed by atoms with van der Waals surface area (Å²) in [5.41, 5.74) is 0.0523. The molecule has 66 valence electrons. The third-order valence-corrected chi connectivity index (χ3v) is 1.28. The molecule has 1 atom stereocenters. The van der Waals surface area contributed by atoms with Crippen LogP contribution in [0.15, 0.2) is 0 Å². The highest BCUT2D eigenvalue weighted by Crippen LogP contribution is 2.00. The zero-order valence-electron chi connectivity index (χ0n) is 7.77. The van der Waals surface area contributed by atoms with E-state index in [0.29, 0.717) is 0 Å². The molecule has 1 unspecified atom stereocenters. The standard InChI is InChI=1S/C8H18N2O/c1-5-7(9-6-11)10-8(2,3)4/h6-7,10H,5H2,1-4H3,(H,9,11). The first-order valence-electron chi connectivity index (χ1n) is 3.97. The average molecular weight is 158 g/mol. The summed E-state index contributed by atoms with van der Waals surface area (Å²) < 4.78 is 0. The Bertz CT molecular complexity index is 118. The molecule has 3 heteroatoms. The zero-order chi connectivity index (χ0) is 8.91. The van der Waals surface area contributed by atoms with Crippen LogP contribution >= 0.6 is 0 Å². The lowest BCUT2D eigenvalue weighted by atomic mass is 10.1. The van der Waals surface area contributed by atoms with Crippen molar-refractivity contribution in [3.63, 3.8) is 0 Å². The number of hydrogen-bond acceptors (Lipinski definition) is 2. The maximum Gasteiger partial charge on any atom is 0.208 e. The lowest BCUT2D eigenvalue weighted by Crippen LogP contribution is -2.50. The summed E-state index contributed by atoms with van der Waals surface area (Å²) in [6.07, 6.45) is 1.72. The summed E-state index contributed by atoms with van der Waals surface area (Å²) in [7, 11) is 0. The van der Waals surface area contributed by atoms with Crippen molar-refractivity contribution >= 4 is 6.41 Å². The van der Waals surface area contributed by atoms with Crippen molar-refractivity contribution in [1.82, 2.24) is 10.6 Å². The summed E-state index contributed by atoms with van der Waals surface area (Å²) in [5.74, 6) is 0. The van der Waals surface area contributed by atoms with Gasteiger partial charge in [-0.3, -0.25) is 10.1 Å². The van der Waals surface area contributed by atoms with Gasteiger partial charge in [0.25, 0.3) is 0 Å². The smallest absolute Gasteiger partial charge is 0.208 e. The van der Waals surface area contributed by atoms with Gasteiger partial charge in [0.1, 0.15) is 0 Å². The monoisotopic (exact) mass is 158 g/mol. The Labute approximate surface area is 68.6 Å². The molecule has 0 spiro atoms. The molecule has 0 rings (SSSR count). The van der Waals surface area contributed by atoms with Crippen molar-refractivity contribution in [2.24, 2.45) is 0 Å². The lowest BCUT2D eigenvalue weighted by molar-refractivity contribution is -0.110. The molecule has 3 nitrogen and oxygen atoms in total. The van der Waals surface area contributed by atoms with E-state index in [4.69, 9.17) is 0 Å². The first-order chi connectivity index (χ1) is 4.99. The molecular formula is C8H18N2O. The van der Waals surface area contributed by atoms with Gasteiger partial charge in [-0.1, -0.05) is 6.92 Å². The number of carbonyl (C=O) groups excluding carboxylic acids is 1. The molecule has 0 aromatic carbocycles. The van der Waals surface area contributed by atoms with Crippen LogP contribution in [0.4, 0.5) is 0 Å². The second-order valence-electron chi connectivity index (χ2n) is 3.64. The highest BCUT2D eigenvalue weighted by Gasteiger charge is 2.14. The minimum atomic E-state index is 0.0523. The summed E-state index contributed by atoms with van der Waals surface area (Å²) in [5, 5.41) is 5.96. The molecule has 2 N–H and O–H groups in total. The van der Waals surface area contributed by atoms with E-state index in [9.17, 15) is 4.79 Å². The van der Waals surface area contributed by atoms with Gasteiger partial charge in [0, 0.05) is 5.54 Å². The number of carbonyl (C=O) groups is 1. The van der Waals surface area contributed by atoms with Gasteiger partial charge < -0.3 is 5.32 Å². The van der Waals surface area contributed by atoms with Crippen molar-refractivity contribution < 1.29 is 4.79 Å². The molecular weight excluding hydrogens is 140 g/mol. The Hall–Kier alpha value is -0.570. The number of amides is 1. The van der Waals surface area contributed by atoms with Gasteiger partial charge in [-0.25, -0.2) is 0 Å².